The van der Waals surface area contributed by atoms with Gasteiger partial charge in [0.1, 0.15) is 5.82 Å². The Bertz CT molecular complexity index is 741. The molecule has 0 saturated carbocycles. The topological polar surface area (TPSA) is 89.0 Å². The molecule has 1 heterocycles. The van der Waals surface area contributed by atoms with Crippen molar-refractivity contribution in [2.45, 2.75) is 0 Å². The summed E-state index contributed by atoms with van der Waals surface area (Å²) in [6, 6.07) is 4.71. The van der Waals surface area contributed by atoms with Crippen LogP contribution in [0.25, 0.3) is 11.3 Å². The van der Waals surface area contributed by atoms with Crippen molar-refractivity contribution >= 4 is 35.2 Å². The molecule has 0 aliphatic heterocycles. The van der Waals surface area contributed by atoms with Gasteiger partial charge in [-0.05, 0) is 18.2 Å². The first-order valence-electron chi connectivity index (χ1n) is 5.62. The molecule has 0 radical (unpaired) electrons. The smallest absolute Gasteiger partial charge is 0.234 e. The quantitative estimate of drug-likeness (QED) is 0.657. The van der Waals surface area contributed by atoms with E-state index in [0.717, 1.165) is 6.21 Å². The lowest BCUT2D eigenvalue weighted by Crippen LogP contribution is -2.14. The molecule has 0 amide bonds. The maximum absolute atomic E-state index is 12.0. The summed E-state index contributed by atoms with van der Waals surface area (Å²) < 4.78 is 0. The van der Waals surface area contributed by atoms with E-state index in [9.17, 15) is 9.90 Å². The fourth-order valence-electron chi connectivity index (χ4n) is 1.83. The van der Waals surface area contributed by atoms with Gasteiger partial charge in [0.25, 0.3) is 0 Å². The van der Waals surface area contributed by atoms with Gasteiger partial charge >= 0.3 is 0 Å². The summed E-state index contributed by atoms with van der Waals surface area (Å²) in [7, 11) is 1.60. The molecule has 2 aromatic rings. The molecule has 0 bridgehead atoms. The van der Waals surface area contributed by atoms with Gasteiger partial charge in [-0.25, -0.2) is 0 Å². The number of aromatic nitrogens is 1. The van der Waals surface area contributed by atoms with Crippen LogP contribution in [0.2, 0.25) is 10.0 Å². The van der Waals surface area contributed by atoms with E-state index in [1.807, 2.05) is 0 Å². The number of aromatic amines is 1. The Morgan fingerprint density at radius 1 is 1.40 bits per heavy atom. The van der Waals surface area contributed by atoms with Crippen molar-refractivity contribution in [3.63, 3.8) is 0 Å². The number of halogens is 2. The normalized spacial score (nSPS) is 10.3. The number of pyridine rings is 1. The summed E-state index contributed by atoms with van der Waals surface area (Å²) in [5.74, 6) is -0.194. The first-order chi connectivity index (χ1) is 9.49. The van der Waals surface area contributed by atoms with Crippen LogP contribution in [0.1, 0.15) is 5.56 Å². The highest BCUT2D eigenvalue weighted by atomic mass is 35.5. The lowest BCUT2D eigenvalue weighted by molar-refractivity contribution is 0.470. The van der Waals surface area contributed by atoms with Crippen LogP contribution in [0.3, 0.4) is 0 Å². The molecule has 0 fully saturated rings. The van der Waals surface area contributed by atoms with Crippen LogP contribution in [0.5, 0.6) is 5.75 Å². The second-order valence-corrected chi connectivity index (χ2v) is 4.83. The number of hydrogen-bond acceptors (Lipinski definition) is 4. The first kappa shape index (κ1) is 14.4. The number of hydrogen-bond donors (Lipinski definition) is 4. The van der Waals surface area contributed by atoms with E-state index in [2.05, 4.69) is 10.3 Å². The molecule has 20 heavy (non-hydrogen) atoms. The van der Waals surface area contributed by atoms with Gasteiger partial charge < -0.3 is 20.8 Å². The molecule has 0 aliphatic carbocycles. The van der Waals surface area contributed by atoms with E-state index in [-0.39, 0.29) is 11.3 Å². The van der Waals surface area contributed by atoms with Crippen molar-refractivity contribution in [1.82, 2.24) is 4.98 Å². The number of aromatic hydroxyl groups is 1. The summed E-state index contributed by atoms with van der Waals surface area (Å²) in [5, 5.41) is 20.8. The summed E-state index contributed by atoms with van der Waals surface area (Å²) in [4.78, 5) is 14.9. The van der Waals surface area contributed by atoms with Crippen LogP contribution in [-0.4, -0.2) is 23.4 Å². The molecule has 2 rings (SSSR count). The van der Waals surface area contributed by atoms with Crippen molar-refractivity contribution in [1.29, 1.82) is 5.41 Å². The highest BCUT2D eigenvalue weighted by molar-refractivity contribution is 6.35. The molecule has 7 heteroatoms. The van der Waals surface area contributed by atoms with Crippen molar-refractivity contribution in [2.75, 3.05) is 12.4 Å². The Labute approximate surface area is 124 Å². The Morgan fingerprint density at radius 3 is 2.70 bits per heavy atom. The Morgan fingerprint density at radius 2 is 2.10 bits per heavy atom. The molecule has 0 spiro atoms. The zero-order valence-corrected chi connectivity index (χ0v) is 11.9. The molecule has 1 aromatic carbocycles. The van der Waals surface area contributed by atoms with Gasteiger partial charge in [0, 0.05) is 23.8 Å². The highest BCUT2D eigenvalue weighted by Crippen LogP contribution is 2.34. The fourth-order valence-corrected chi connectivity index (χ4v) is 2.21. The van der Waals surface area contributed by atoms with Gasteiger partial charge in [0.15, 0.2) is 5.75 Å². The minimum Gasteiger partial charge on any atom is -0.503 e. The summed E-state index contributed by atoms with van der Waals surface area (Å²) in [6.07, 6.45) is 0.869. The highest BCUT2D eigenvalue weighted by Gasteiger charge is 2.17. The number of benzene rings is 1. The average Bonchev–Trinajstić information content (AvgIpc) is 2.44. The zero-order chi connectivity index (χ0) is 14.9. The number of nitrogens with one attached hydrogen (secondary N) is 3. The number of rotatable bonds is 3. The molecule has 5 nitrogen and oxygen atoms in total. The van der Waals surface area contributed by atoms with Gasteiger partial charge in [0.05, 0.1) is 16.3 Å². The van der Waals surface area contributed by atoms with E-state index in [0.29, 0.717) is 21.4 Å². The first-order valence-corrected chi connectivity index (χ1v) is 6.38. The lowest BCUT2D eigenvalue weighted by atomic mass is 10.1. The van der Waals surface area contributed by atoms with Gasteiger partial charge in [0.2, 0.25) is 5.43 Å². The van der Waals surface area contributed by atoms with E-state index < -0.39 is 11.2 Å². The molecule has 104 valence electrons. The predicted octanol–water partition coefficient (Wildman–Crippen LogP) is 3.09. The van der Waals surface area contributed by atoms with Gasteiger partial charge in [-0.3, -0.25) is 4.79 Å². The third kappa shape index (κ3) is 2.37. The predicted molar refractivity (Wildman–Crippen MR) is 81.6 cm³/mol. The van der Waals surface area contributed by atoms with Crippen molar-refractivity contribution in [3.05, 3.63) is 44.0 Å². The molecule has 1 aromatic heterocycles. The monoisotopic (exact) mass is 311 g/mol. The van der Waals surface area contributed by atoms with Crippen molar-refractivity contribution in [3.8, 4) is 17.0 Å². The lowest BCUT2D eigenvalue weighted by Gasteiger charge is -2.12. The minimum absolute atomic E-state index is 0.0342. The van der Waals surface area contributed by atoms with Gasteiger partial charge in [-0.2, -0.15) is 0 Å². The Kier molecular flexibility index (Phi) is 4.01. The third-order valence-corrected chi connectivity index (χ3v) is 3.37. The maximum atomic E-state index is 12.0. The van der Waals surface area contributed by atoms with Crippen molar-refractivity contribution in [2.24, 2.45) is 0 Å². The van der Waals surface area contributed by atoms with Gasteiger partial charge in [-0.15, -0.1) is 0 Å². The number of H-pyrrole nitrogens is 1. The minimum atomic E-state index is -0.658. The average molecular weight is 312 g/mol. The summed E-state index contributed by atoms with van der Waals surface area (Å²) in [5.41, 5.74) is -0.0692. The third-order valence-electron chi connectivity index (χ3n) is 2.81. The van der Waals surface area contributed by atoms with E-state index >= 15 is 0 Å². The Hall–Kier alpha value is -1.98. The maximum Gasteiger partial charge on any atom is 0.234 e. The molecule has 0 aliphatic rings. The summed E-state index contributed by atoms with van der Waals surface area (Å²) in [6.45, 7) is 0. The van der Waals surface area contributed by atoms with E-state index in [1.165, 1.54) is 0 Å². The van der Waals surface area contributed by atoms with Crippen LogP contribution in [0, 0.1) is 5.41 Å². The molecular formula is C13H11Cl2N3O2. The van der Waals surface area contributed by atoms with Gasteiger partial charge in [-0.1, -0.05) is 23.2 Å². The zero-order valence-electron chi connectivity index (χ0n) is 10.4. The van der Waals surface area contributed by atoms with E-state index in [4.69, 9.17) is 28.6 Å². The molecular weight excluding hydrogens is 301 g/mol. The van der Waals surface area contributed by atoms with Crippen LogP contribution in [0.4, 0.5) is 5.82 Å². The second kappa shape index (κ2) is 5.56. The van der Waals surface area contributed by atoms with Crippen LogP contribution in [-0.2, 0) is 0 Å². The molecule has 0 atom stereocenters. The standard InChI is InChI=1S/C13H11Cl2N3O2/c1-17-13-8(5-16)11(19)12(20)10(18-13)7-4-6(14)2-3-9(7)15/h2-5,16,20H,1H3,(H2,17,18,19). The fraction of sp³-hybridized carbons (Fsp3) is 0.0769. The van der Waals surface area contributed by atoms with Crippen LogP contribution >= 0.6 is 23.2 Å². The second-order valence-electron chi connectivity index (χ2n) is 3.98. The van der Waals surface area contributed by atoms with Crippen LogP contribution in [0.15, 0.2) is 23.0 Å². The molecule has 0 saturated heterocycles. The largest absolute Gasteiger partial charge is 0.503 e. The number of anilines is 1. The van der Waals surface area contributed by atoms with Crippen LogP contribution < -0.4 is 10.7 Å². The van der Waals surface area contributed by atoms with Crippen molar-refractivity contribution < 1.29 is 5.11 Å². The summed E-state index contributed by atoms with van der Waals surface area (Å²) >= 11 is 12.0. The van der Waals surface area contributed by atoms with E-state index in [1.54, 1.807) is 25.2 Å². The molecule has 0 unspecified atom stereocenters. The molecule has 4 N–H and O–H groups in total. The SMILES string of the molecule is CNc1[nH]c(-c2cc(Cl)ccc2Cl)c(O)c(=O)c1C=N. The Balaban J connectivity index is 2.81.